The molecule has 0 spiro atoms. The van der Waals surface area contributed by atoms with Crippen LogP contribution in [0.3, 0.4) is 0 Å². The summed E-state index contributed by atoms with van der Waals surface area (Å²) < 4.78 is 68.2. The highest BCUT2D eigenvalue weighted by atomic mass is 31.2. The van der Waals surface area contributed by atoms with Crippen LogP contribution in [0.4, 0.5) is 0 Å². The molecule has 3 N–H and O–H groups in total. The zero-order valence-electron chi connectivity index (χ0n) is 57.3. The van der Waals surface area contributed by atoms with Gasteiger partial charge in [-0.25, -0.2) is 9.13 Å². The van der Waals surface area contributed by atoms with E-state index >= 15 is 0 Å². The quantitative estimate of drug-likeness (QED) is 0.0222. The average molecular weight is 1300 g/mol. The summed E-state index contributed by atoms with van der Waals surface area (Å²) in [4.78, 5) is 72.4. The highest BCUT2D eigenvalue weighted by Gasteiger charge is 2.30. The van der Waals surface area contributed by atoms with E-state index in [2.05, 4.69) is 55.4 Å². The van der Waals surface area contributed by atoms with Crippen molar-refractivity contribution in [3.05, 3.63) is 0 Å². The largest absolute Gasteiger partial charge is 0.472 e. The summed E-state index contributed by atoms with van der Waals surface area (Å²) in [7, 11) is -9.90. The number of carbonyl (C=O) groups is 4. The molecule has 0 aromatic heterocycles. The van der Waals surface area contributed by atoms with Gasteiger partial charge < -0.3 is 33.8 Å². The van der Waals surface area contributed by atoms with Gasteiger partial charge in [0.1, 0.15) is 19.3 Å². The number of rotatable bonds is 66. The molecule has 522 valence electrons. The molecule has 88 heavy (non-hydrogen) atoms. The van der Waals surface area contributed by atoms with E-state index in [-0.39, 0.29) is 25.7 Å². The van der Waals surface area contributed by atoms with Crippen LogP contribution in [-0.4, -0.2) is 96.7 Å². The molecule has 0 radical (unpaired) electrons. The molecule has 0 saturated heterocycles. The van der Waals surface area contributed by atoms with Gasteiger partial charge in [0.05, 0.1) is 26.4 Å². The first kappa shape index (κ1) is 86.1. The maximum atomic E-state index is 13.0. The number of hydrogen-bond donors (Lipinski definition) is 3. The number of phosphoric ester groups is 2. The molecule has 0 saturated carbocycles. The Balaban J connectivity index is 5.22. The molecule has 8 atom stereocenters. The Hall–Kier alpha value is -1.94. The van der Waals surface area contributed by atoms with E-state index < -0.39 is 97.5 Å². The van der Waals surface area contributed by atoms with Crippen LogP contribution in [0.15, 0.2) is 0 Å². The van der Waals surface area contributed by atoms with Crippen molar-refractivity contribution in [2.45, 2.75) is 356 Å². The minimum Gasteiger partial charge on any atom is -0.462 e. The Kier molecular flexibility index (Phi) is 57.6. The number of carbonyl (C=O) groups excluding carboxylic acids is 4. The third-order valence-electron chi connectivity index (χ3n) is 16.9. The highest BCUT2D eigenvalue weighted by molar-refractivity contribution is 7.47. The fraction of sp³-hybridized carbons (Fsp3) is 0.942. The molecule has 0 aromatic carbocycles. The van der Waals surface area contributed by atoms with Crippen LogP contribution >= 0.6 is 15.6 Å². The van der Waals surface area contributed by atoms with Crippen molar-refractivity contribution in [2.24, 2.45) is 23.7 Å². The van der Waals surface area contributed by atoms with Crippen LogP contribution in [0.5, 0.6) is 0 Å². The molecule has 0 fully saturated rings. The number of aliphatic hydroxyl groups is 1. The number of ether oxygens (including phenoxy) is 4. The van der Waals surface area contributed by atoms with E-state index in [1.54, 1.807) is 0 Å². The Morgan fingerprint density at radius 2 is 0.545 bits per heavy atom. The van der Waals surface area contributed by atoms with Gasteiger partial charge in [0.25, 0.3) is 0 Å². The summed E-state index contributed by atoms with van der Waals surface area (Å²) in [6.45, 7) is 14.0. The lowest BCUT2D eigenvalue weighted by Gasteiger charge is -2.21. The molecular weight excluding hydrogens is 1160 g/mol. The van der Waals surface area contributed by atoms with Gasteiger partial charge >= 0.3 is 39.5 Å². The van der Waals surface area contributed by atoms with E-state index in [0.29, 0.717) is 31.6 Å². The SMILES string of the molecule is CCC(C)CCCCCCCCCCCCCCCCC(=O)O[C@H](COC(=O)CCCCCCCCC(C)CC)COP(=O)(O)OCC(O)COP(=O)(O)OC[C@@H](COC(=O)CCCCCCCCCC(C)C)OC(=O)CCCCCCCCC(C)CC. The predicted octanol–water partition coefficient (Wildman–Crippen LogP) is 19.3. The lowest BCUT2D eigenvalue weighted by atomic mass is 9.99. The number of phosphoric acid groups is 2. The number of hydrogen-bond acceptors (Lipinski definition) is 15. The molecule has 0 amide bonds. The summed E-state index contributed by atoms with van der Waals surface area (Å²) in [5.41, 5.74) is 0. The van der Waals surface area contributed by atoms with Crippen LogP contribution < -0.4 is 0 Å². The standard InChI is InChI=1S/C69H134O17P2/c1-9-60(6)46-38-30-22-18-16-14-12-13-15-17-19-23-35-43-51-68(73)85-64(56-80-67(72)50-42-34-27-25-31-39-47-61(7)10-2)57-83-87(75,76)81-53-63(70)54-82-88(77,78)84-58-65(86-69(74)52-44-36-28-26-32-40-48-62(8)11-3)55-79-66(71)49-41-33-24-20-21-29-37-45-59(4)5/h59-65,70H,9-58H2,1-8H3,(H,75,76)(H,77,78)/t60?,61?,62?,63?,64-,65-/m1/s1. The number of unbranched alkanes of at least 4 members (excludes halogenated alkanes) is 29. The fourth-order valence-electron chi connectivity index (χ4n) is 10.2. The first-order valence-corrected chi connectivity index (χ1v) is 38.8. The first-order chi connectivity index (χ1) is 42.2. The maximum Gasteiger partial charge on any atom is 0.472 e. The lowest BCUT2D eigenvalue weighted by Crippen LogP contribution is -2.30. The van der Waals surface area contributed by atoms with Crippen LogP contribution in [0.2, 0.25) is 0 Å². The monoisotopic (exact) mass is 1300 g/mol. The van der Waals surface area contributed by atoms with E-state index in [1.807, 2.05) is 0 Å². The van der Waals surface area contributed by atoms with E-state index in [9.17, 15) is 43.2 Å². The molecule has 0 aliphatic heterocycles. The molecule has 0 bridgehead atoms. The van der Waals surface area contributed by atoms with Crippen molar-refractivity contribution in [1.29, 1.82) is 0 Å². The predicted molar refractivity (Wildman–Crippen MR) is 354 cm³/mol. The van der Waals surface area contributed by atoms with Crippen LogP contribution in [0.1, 0.15) is 338 Å². The smallest absolute Gasteiger partial charge is 0.462 e. The number of esters is 4. The summed E-state index contributed by atoms with van der Waals surface area (Å²) in [5, 5.41) is 10.6. The summed E-state index contributed by atoms with van der Waals surface area (Å²) in [5.74, 6) is 0.866. The Morgan fingerprint density at radius 1 is 0.318 bits per heavy atom. The summed E-state index contributed by atoms with van der Waals surface area (Å²) in [6, 6.07) is 0. The normalized spacial score (nSPS) is 15.2. The molecule has 0 heterocycles. The summed E-state index contributed by atoms with van der Waals surface area (Å²) >= 11 is 0. The van der Waals surface area contributed by atoms with Gasteiger partial charge in [-0.2, -0.15) is 0 Å². The van der Waals surface area contributed by atoms with Gasteiger partial charge in [0.15, 0.2) is 12.2 Å². The minimum absolute atomic E-state index is 0.102. The van der Waals surface area contributed by atoms with Crippen molar-refractivity contribution in [1.82, 2.24) is 0 Å². The fourth-order valence-corrected chi connectivity index (χ4v) is 11.8. The third kappa shape index (κ3) is 59.1. The van der Waals surface area contributed by atoms with Gasteiger partial charge in [-0.05, 0) is 49.4 Å². The zero-order chi connectivity index (χ0) is 65.4. The third-order valence-corrected chi connectivity index (χ3v) is 18.8. The molecular formula is C69H134O17P2. The number of aliphatic hydroxyl groups excluding tert-OH is 1. The second kappa shape index (κ2) is 58.8. The van der Waals surface area contributed by atoms with Gasteiger partial charge in [-0.3, -0.25) is 37.3 Å². The second-order valence-electron chi connectivity index (χ2n) is 26.1. The van der Waals surface area contributed by atoms with Gasteiger partial charge in [-0.15, -0.1) is 0 Å². The second-order valence-corrected chi connectivity index (χ2v) is 29.0. The molecule has 6 unspecified atom stereocenters. The maximum absolute atomic E-state index is 13.0. The molecule has 17 nitrogen and oxygen atoms in total. The average Bonchev–Trinajstić information content (AvgIpc) is 3.54. The van der Waals surface area contributed by atoms with Crippen molar-refractivity contribution >= 4 is 39.5 Å². The lowest BCUT2D eigenvalue weighted by molar-refractivity contribution is -0.161. The highest BCUT2D eigenvalue weighted by Crippen LogP contribution is 2.45. The topological polar surface area (TPSA) is 237 Å². The van der Waals surface area contributed by atoms with Crippen molar-refractivity contribution in [2.75, 3.05) is 39.6 Å². The zero-order valence-corrected chi connectivity index (χ0v) is 59.1. The van der Waals surface area contributed by atoms with Gasteiger partial charge in [0, 0.05) is 25.7 Å². The Labute approximate surface area is 537 Å². The summed E-state index contributed by atoms with van der Waals surface area (Å²) in [6.07, 6.45) is 40.4. The Morgan fingerprint density at radius 3 is 0.807 bits per heavy atom. The molecule has 0 rings (SSSR count). The van der Waals surface area contributed by atoms with Crippen molar-refractivity contribution in [3.63, 3.8) is 0 Å². The minimum atomic E-state index is -4.95. The van der Waals surface area contributed by atoms with Crippen LogP contribution in [-0.2, 0) is 65.4 Å². The Bertz CT molecular complexity index is 1750. The van der Waals surface area contributed by atoms with Gasteiger partial charge in [0.2, 0.25) is 0 Å². The van der Waals surface area contributed by atoms with E-state index in [1.165, 1.54) is 128 Å². The molecule has 0 aliphatic rings. The van der Waals surface area contributed by atoms with Gasteiger partial charge in [-0.1, -0.05) is 287 Å². The van der Waals surface area contributed by atoms with Crippen molar-refractivity contribution < 1.29 is 80.2 Å². The molecule has 0 aliphatic carbocycles. The first-order valence-electron chi connectivity index (χ1n) is 35.8. The van der Waals surface area contributed by atoms with Crippen LogP contribution in [0.25, 0.3) is 0 Å². The molecule has 19 heteroatoms. The van der Waals surface area contributed by atoms with Crippen molar-refractivity contribution in [3.8, 4) is 0 Å². The van der Waals surface area contributed by atoms with E-state index in [4.69, 9.17) is 37.0 Å². The van der Waals surface area contributed by atoms with E-state index in [0.717, 1.165) is 120 Å². The molecule has 0 aromatic rings. The van der Waals surface area contributed by atoms with Crippen LogP contribution in [0, 0.1) is 23.7 Å².